The molecule has 1 aromatic carbocycles. The second-order valence-electron chi connectivity index (χ2n) is 5.32. The molecule has 1 saturated heterocycles. The van der Waals surface area contributed by atoms with Gasteiger partial charge in [-0.15, -0.1) is 0 Å². The van der Waals surface area contributed by atoms with Gasteiger partial charge in [-0.1, -0.05) is 17.7 Å². The van der Waals surface area contributed by atoms with E-state index in [1.807, 2.05) is 12.1 Å². The third-order valence-electron chi connectivity index (χ3n) is 3.80. The fraction of sp³-hybridized carbons (Fsp3) is 0.600. The van der Waals surface area contributed by atoms with Crippen LogP contribution < -0.4 is 14.8 Å². The van der Waals surface area contributed by atoms with Crippen molar-refractivity contribution in [3.63, 3.8) is 0 Å². The van der Waals surface area contributed by atoms with Crippen molar-refractivity contribution in [1.82, 2.24) is 10.2 Å². The Balaban J connectivity index is 1.92. The van der Waals surface area contributed by atoms with Crippen LogP contribution >= 0.6 is 11.6 Å². The average Bonchev–Trinajstić information content (AvgIpc) is 2.86. The summed E-state index contributed by atoms with van der Waals surface area (Å²) >= 11 is 6.36. The minimum absolute atomic E-state index is 0.606. The summed E-state index contributed by atoms with van der Waals surface area (Å²) in [6.07, 6.45) is 1.27. The van der Waals surface area contributed by atoms with Crippen LogP contribution in [0.3, 0.4) is 0 Å². The number of likely N-dealkylation sites (tertiary alicyclic amines) is 1. The Labute approximate surface area is 126 Å². The van der Waals surface area contributed by atoms with Gasteiger partial charge in [-0.2, -0.15) is 0 Å². The molecule has 0 bridgehead atoms. The highest BCUT2D eigenvalue weighted by Crippen LogP contribution is 2.37. The molecular weight excluding hydrogens is 276 g/mol. The quantitative estimate of drug-likeness (QED) is 0.874. The van der Waals surface area contributed by atoms with E-state index in [0.29, 0.717) is 16.5 Å². The van der Waals surface area contributed by atoms with Crippen LogP contribution in [0.15, 0.2) is 12.1 Å². The van der Waals surface area contributed by atoms with Crippen molar-refractivity contribution >= 4 is 11.6 Å². The maximum atomic E-state index is 6.36. The van der Waals surface area contributed by atoms with E-state index in [1.54, 1.807) is 14.2 Å². The van der Waals surface area contributed by atoms with Gasteiger partial charge in [0.05, 0.1) is 19.2 Å². The highest BCUT2D eigenvalue weighted by Gasteiger charge is 2.19. The Bertz CT molecular complexity index is 454. The molecule has 1 aliphatic heterocycles. The molecule has 112 valence electrons. The summed E-state index contributed by atoms with van der Waals surface area (Å²) in [6, 6.07) is 3.88. The molecule has 5 heteroatoms. The lowest BCUT2D eigenvalue weighted by Gasteiger charge is -2.15. The zero-order chi connectivity index (χ0) is 14.5. The van der Waals surface area contributed by atoms with E-state index in [1.165, 1.54) is 19.5 Å². The lowest BCUT2D eigenvalue weighted by Crippen LogP contribution is -2.24. The molecule has 1 unspecified atom stereocenters. The maximum absolute atomic E-state index is 6.36. The topological polar surface area (TPSA) is 33.7 Å². The Morgan fingerprint density at radius 1 is 1.35 bits per heavy atom. The second kappa shape index (κ2) is 7.16. The van der Waals surface area contributed by atoms with Gasteiger partial charge in [0.2, 0.25) is 0 Å². The largest absolute Gasteiger partial charge is 0.493 e. The summed E-state index contributed by atoms with van der Waals surface area (Å²) in [5, 5.41) is 4.11. The van der Waals surface area contributed by atoms with Crippen LogP contribution in [-0.4, -0.2) is 45.8 Å². The van der Waals surface area contributed by atoms with Crippen molar-refractivity contribution < 1.29 is 9.47 Å². The van der Waals surface area contributed by atoms with Gasteiger partial charge in [-0.3, -0.25) is 0 Å². The Hall–Kier alpha value is -0.970. The number of hydrogen-bond donors (Lipinski definition) is 1. The summed E-state index contributed by atoms with van der Waals surface area (Å²) in [7, 11) is 5.39. The molecule has 2 rings (SSSR count). The van der Waals surface area contributed by atoms with E-state index in [-0.39, 0.29) is 0 Å². The van der Waals surface area contributed by atoms with Crippen molar-refractivity contribution in [1.29, 1.82) is 0 Å². The fourth-order valence-corrected chi connectivity index (χ4v) is 2.97. The van der Waals surface area contributed by atoms with Gasteiger partial charge in [-0.05, 0) is 44.1 Å². The molecule has 1 N–H and O–H groups in total. The molecule has 1 fully saturated rings. The molecule has 1 aliphatic rings. The molecule has 20 heavy (non-hydrogen) atoms. The van der Waals surface area contributed by atoms with Crippen LogP contribution in [0.25, 0.3) is 0 Å². The zero-order valence-corrected chi connectivity index (χ0v) is 13.2. The molecule has 4 nitrogen and oxygen atoms in total. The number of nitrogens with one attached hydrogen (secondary N) is 1. The van der Waals surface area contributed by atoms with Gasteiger partial charge >= 0.3 is 0 Å². The second-order valence-corrected chi connectivity index (χ2v) is 5.70. The summed E-state index contributed by atoms with van der Waals surface area (Å²) in [5.74, 6) is 2.01. The first-order chi connectivity index (χ1) is 9.65. The molecule has 1 atom stereocenters. The van der Waals surface area contributed by atoms with Crippen LogP contribution in [-0.2, 0) is 6.54 Å². The van der Waals surface area contributed by atoms with E-state index in [4.69, 9.17) is 21.1 Å². The van der Waals surface area contributed by atoms with Gasteiger partial charge in [0, 0.05) is 13.1 Å². The van der Waals surface area contributed by atoms with Crippen LogP contribution in [0.4, 0.5) is 0 Å². The molecule has 0 saturated carbocycles. The normalized spacial score (nSPS) is 19.3. The Morgan fingerprint density at radius 2 is 2.15 bits per heavy atom. The minimum atomic E-state index is 0.606. The minimum Gasteiger partial charge on any atom is -0.493 e. The Morgan fingerprint density at radius 3 is 2.75 bits per heavy atom. The van der Waals surface area contributed by atoms with E-state index < -0.39 is 0 Å². The first-order valence-electron chi connectivity index (χ1n) is 6.94. The van der Waals surface area contributed by atoms with Crippen molar-refractivity contribution in [2.24, 2.45) is 5.92 Å². The standard InChI is InChI=1S/C15H23ClN2O2/c1-18-7-6-11(10-18)8-17-9-12-4-5-13(19-2)15(20-3)14(12)16/h4-5,11,17H,6-10H2,1-3H3. The first kappa shape index (κ1) is 15.4. The number of ether oxygens (including phenoxy) is 2. The molecule has 0 spiro atoms. The van der Waals surface area contributed by atoms with E-state index in [2.05, 4.69) is 17.3 Å². The number of methoxy groups -OCH3 is 2. The van der Waals surface area contributed by atoms with Gasteiger partial charge < -0.3 is 19.7 Å². The highest BCUT2D eigenvalue weighted by molar-refractivity contribution is 6.33. The predicted octanol–water partition coefficient (Wildman–Crippen LogP) is 2.40. The van der Waals surface area contributed by atoms with Crippen LogP contribution in [0.2, 0.25) is 5.02 Å². The first-order valence-corrected chi connectivity index (χ1v) is 7.32. The summed E-state index contributed by atoms with van der Waals surface area (Å²) < 4.78 is 10.5. The van der Waals surface area contributed by atoms with Crippen LogP contribution in [0, 0.1) is 5.92 Å². The molecule has 0 radical (unpaired) electrons. The van der Waals surface area contributed by atoms with E-state index >= 15 is 0 Å². The molecule has 0 amide bonds. The molecule has 1 aromatic rings. The molecule has 1 heterocycles. The lowest BCUT2D eigenvalue weighted by atomic mass is 10.1. The molecule has 0 aromatic heterocycles. The van der Waals surface area contributed by atoms with Gasteiger partial charge in [-0.25, -0.2) is 0 Å². The van der Waals surface area contributed by atoms with Crippen molar-refractivity contribution in [3.05, 3.63) is 22.7 Å². The van der Waals surface area contributed by atoms with Gasteiger partial charge in [0.25, 0.3) is 0 Å². The third kappa shape index (κ3) is 3.57. The zero-order valence-electron chi connectivity index (χ0n) is 12.4. The van der Waals surface area contributed by atoms with Gasteiger partial charge in [0.1, 0.15) is 0 Å². The van der Waals surface area contributed by atoms with E-state index in [9.17, 15) is 0 Å². The molecular formula is C15H23ClN2O2. The van der Waals surface area contributed by atoms with E-state index in [0.717, 1.165) is 24.6 Å². The van der Waals surface area contributed by atoms with Crippen molar-refractivity contribution in [2.75, 3.05) is 40.9 Å². The van der Waals surface area contributed by atoms with Crippen molar-refractivity contribution in [2.45, 2.75) is 13.0 Å². The average molecular weight is 299 g/mol. The lowest BCUT2D eigenvalue weighted by molar-refractivity contribution is 0.354. The van der Waals surface area contributed by atoms with Crippen LogP contribution in [0.5, 0.6) is 11.5 Å². The third-order valence-corrected chi connectivity index (χ3v) is 4.22. The smallest absolute Gasteiger partial charge is 0.179 e. The maximum Gasteiger partial charge on any atom is 0.179 e. The predicted molar refractivity (Wildman–Crippen MR) is 81.9 cm³/mol. The number of hydrogen-bond acceptors (Lipinski definition) is 4. The number of nitrogens with zero attached hydrogens (tertiary/aromatic N) is 1. The summed E-state index contributed by atoms with van der Waals surface area (Å²) in [5.41, 5.74) is 1.04. The monoisotopic (exact) mass is 298 g/mol. The molecule has 0 aliphatic carbocycles. The Kier molecular flexibility index (Phi) is 5.52. The fourth-order valence-electron chi connectivity index (χ4n) is 2.67. The number of benzene rings is 1. The van der Waals surface area contributed by atoms with Gasteiger partial charge in [0.15, 0.2) is 11.5 Å². The van der Waals surface area contributed by atoms with Crippen LogP contribution in [0.1, 0.15) is 12.0 Å². The highest BCUT2D eigenvalue weighted by atomic mass is 35.5. The summed E-state index contributed by atoms with van der Waals surface area (Å²) in [4.78, 5) is 2.37. The van der Waals surface area contributed by atoms with Crippen molar-refractivity contribution in [3.8, 4) is 11.5 Å². The summed E-state index contributed by atoms with van der Waals surface area (Å²) in [6.45, 7) is 4.14. The number of halogens is 1. The SMILES string of the molecule is COc1ccc(CNCC2CCN(C)C2)c(Cl)c1OC. The number of rotatable bonds is 6.